The van der Waals surface area contributed by atoms with Crippen LogP contribution < -0.4 is 0 Å². The van der Waals surface area contributed by atoms with Gasteiger partial charge in [-0.3, -0.25) is 4.57 Å². The summed E-state index contributed by atoms with van der Waals surface area (Å²) in [5.41, 5.74) is 4.20. The Morgan fingerprint density at radius 2 is 2.00 bits per heavy atom. The fourth-order valence-electron chi connectivity index (χ4n) is 2.12. The quantitative estimate of drug-likeness (QED) is 0.580. The average molecular weight is 354 g/mol. The molecule has 0 radical (unpaired) electrons. The van der Waals surface area contributed by atoms with E-state index in [9.17, 15) is 0 Å². The van der Waals surface area contributed by atoms with E-state index in [2.05, 4.69) is 46.0 Å². The van der Waals surface area contributed by atoms with Crippen LogP contribution in [0.3, 0.4) is 0 Å². The third-order valence-corrected chi connectivity index (χ3v) is 4.18. The molecule has 0 saturated carbocycles. The van der Waals surface area contributed by atoms with E-state index in [1.54, 1.807) is 0 Å². The molecule has 2 aromatic carbocycles. The lowest BCUT2D eigenvalue weighted by Crippen LogP contribution is -1.95. The van der Waals surface area contributed by atoms with Crippen LogP contribution in [0, 0.1) is 11.7 Å². The molecule has 0 unspecified atom stereocenters. The maximum absolute atomic E-state index is 6.08. The summed E-state index contributed by atoms with van der Waals surface area (Å²) < 4.78 is 3.60. The van der Waals surface area contributed by atoms with E-state index in [-0.39, 0.29) is 0 Å². The van der Waals surface area contributed by atoms with E-state index in [1.807, 2.05) is 22.8 Å². The fourth-order valence-corrected chi connectivity index (χ4v) is 3.02. The minimum absolute atomic E-state index is 0.656. The van der Waals surface area contributed by atoms with Crippen molar-refractivity contribution in [2.45, 2.75) is 6.92 Å². The van der Waals surface area contributed by atoms with E-state index in [1.165, 1.54) is 5.56 Å². The van der Waals surface area contributed by atoms with E-state index < -0.39 is 0 Å². The molecule has 0 fully saturated rings. The number of aryl methyl sites for hydroxylation is 1. The highest BCUT2D eigenvalue weighted by atomic mass is 79.9. The third-order valence-electron chi connectivity index (χ3n) is 2.99. The van der Waals surface area contributed by atoms with Gasteiger partial charge in [0.25, 0.3) is 0 Å². The summed E-state index contributed by atoms with van der Waals surface area (Å²) in [6.07, 6.45) is 0. The first-order valence-electron chi connectivity index (χ1n) is 5.73. The standard InChI is InChI=1S/C14H10BrClN2S/c1-8-2-5-12-11(6-8)17-14(19)18(12)13-7-9(16)3-4-10(13)15/h2-7H,1H3,(H,17,19). The molecule has 0 spiro atoms. The minimum Gasteiger partial charge on any atom is -0.330 e. The van der Waals surface area contributed by atoms with Crippen LogP contribution in [0.25, 0.3) is 16.7 Å². The van der Waals surface area contributed by atoms with Crippen LogP contribution in [0.4, 0.5) is 0 Å². The fraction of sp³-hybridized carbons (Fsp3) is 0.0714. The van der Waals surface area contributed by atoms with Gasteiger partial charge >= 0.3 is 0 Å². The van der Waals surface area contributed by atoms with E-state index >= 15 is 0 Å². The molecule has 0 saturated heterocycles. The van der Waals surface area contributed by atoms with Gasteiger partial charge in [0, 0.05) is 9.50 Å². The van der Waals surface area contributed by atoms with Gasteiger partial charge in [-0.1, -0.05) is 17.7 Å². The average Bonchev–Trinajstić information content (AvgIpc) is 2.67. The number of aromatic nitrogens is 2. The molecule has 0 aliphatic carbocycles. The Balaban J connectivity index is 2.39. The third kappa shape index (κ3) is 2.24. The van der Waals surface area contributed by atoms with Crippen molar-refractivity contribution in [2.75, 3.05) is 0 Å². The molecule has 0 aliphatic heterocycles. The molecule has 19 heavy (non-hydrogen) atoms. The minimum atomic E-state index is 0.656. The summed E-state index contributed by atoms with van der Waals surface area (Å²) in [6, 6.07) is 11.9. The second-order valence-corrected chi connectivity index (χ2v) is 6.06. The molecule has 2 nitrogen and oxygen atoms in total. The number of imidazole rings is 1. The summed E-state index contributed by atoms with van der Waals surface area (Å²) in [7, 11) is 0. The molecule has 5 heteroatoms. The number of fused-ring (bicyclic) bond motifs is 1. The first kappa shape index (κ1) is 12.9. The summed E-state index contributed by atoms with van der Waals surface area (Å²) in [5.74, 6) is 0. The second kappa shape index (κ2) is 4.78. The van der Waals surface area contributed by atoms with Crippen molar-refractivity contribution in [1.82, 2.24) is 9.55 Å². The van der Waals surface area contributed by atoms with Crippen LogP contribution in [0.5, 0.6) is 0 Å². The number of aromatic amines is 1. The van der Waals surface area contributed by atoms with Gasteiger partial charge in [-0.15, -0.1) is 0 Å². The predicted octanol–water partition coefficient (Wildman–Crippen LogP) is 5.41. The summed E-state index contributed by atoms with van der Waals surface area (Å²) in [6.45, 7) is 2.06. The maximum atomic E-state index is 6.08. The SMILES string of the molecule is Cc1ccc2c(c1)[nH]c(=S)n2-c1cc(Cl)ccc1Br. The van der Waals surface area contributed by atoms with Crippen LogP contribution in [0.2, 0.25) is 5.02 Å². The number of hydrogen-bond donors (Lipinski definition) is 1. The molecule has 0 amide bonds. The summed E-state index contributed by atoms with van der Waals surface area (Å²) in [5, 5.41) is 0.682. The van der Waals surface area contributed by atoms with Gasteiger partial charge < -0.3 is 4.98 Å². The molecule has 0 bridgehead atoms. The maximum Gasteiger partial charge on any atom is 0.182 e. The lowest BCUT2D eigenvalue weighted by molar-refractivity contribution is 1.06. The van der Waals surface area contributed by atoms with Crippen LogP contribution >= 0.6 is 39.7 Å². The Morgan fingerprint density at radius 3 is 2.79 bits per heavy atom. The summed E-state index contributed by atoms with van der Waals surface area (Å²) >= 11 is 15.1. The molecule has 3 aromatic rings. The van der Waals surface area contributed by atoms with Gasteiger partial charge in [0.15, 0.2) is 4.77 Å². The lowest BCUT2D eigenvalue weighted by Gasteiger charge is -2.08. The molecule has 1 N–H and O–H groups in total. The van der Waals surface area contributed by atoms with Gasteiger partial charge in [0.2, 0.25) is 0 Å². The normalized spacial score (nSPS) is 11.1. The van der Waals surface area contributed by atoms with Crippen molar-refractivity contribution in [3.05, 3.63) is 56.2 Å². The second-order valence-electron chi connectivity index (χ2n) is 4.38. The molecule has 0 atom stereocenters. The Labute approximate surface area is 129 Å². The lowest BCUT2D eigenvalue weighted by atomic mass is 10.2. The number of rotatable bonds is 1. The van der Waals surface area contributed by atoms with Gasteiger partial charge in [0.1, 0.15) is 0 Å². The Morgan fingerprint density at radius 1 is 1.21 bits per heavy atom. The molecule has 1 heterocycles. The Kier molecular flexibility index (Phi) is 3.25. The first-order chi connectivity index (χ1) is 9.06. The van der Waals surface area contributed by atoms with Crippen molar-refractivity contribution in [3.8, 4) is 5.69 Å². The van der Waals surface area contributed by atoms with Crippen LogP contribution in [-0.4, -0.2) is 9.55 Å². The topological polar surface area (TPSA) is 20.7 Å². The number of nitrogens with zero attached hydrogens (tertiary/aromatic N) is 1. The highest BCUT2D eigenvalue weighted by Crippen LogP contribution is 2.28. The monoisotopic (exact) mass is 352 g/mol. The number of nitrogens with one attached hydrogen (secondary N) is 1. The molecule has 1 aromatic heterocycles. The zero-order chi connectivity index (χ0) is 13.6. The number of H-pyrrole nitrogens is 1. The molecule has 3 rings (SSSR count). The van der Waals surface area contributed by atoms with Crippen molar-refractivity contribution < 1.29 is 0 Å². The molecule has 96 valence electrons. The molecular formula is C14H10BrClN2S. The molecule has 0 aliphatic rings. The largest absolute Gasteiger partial charge is 0.330 e. The smallest absolute Gasteiger partial charge is 0.182 e. The van der Waals surface area contributed by atoms with Crippen LogP contribution in [0.15, 0.2) is 40.9 Å². The first-order valence-corrected chi connectivity index (χ1v) is 7.31. The Hall–Kier alpha value is -1.10. The van der Waals surface area contributed by atoms with Gasteiger partial charge in [-0.2, -0.15) is 0 Å². The summed E-state index contributed by atoms with van der Waals surface area (Å²) in [4.78, 5) is 3.23. The van der Waals surface area contributed by atoms with Crippen molar-refractivity contribution >= 4 is 50.8 Å². The van der Waals surface area contributed by atoms with Crippen molar-refractivity contribution in [1.29, 1.82) is 0 Å². The number of hydrogen-bond acceptors (Lipinski definition) is 1. The predicted molar refractivity (Wildman–Crippen MR) is 85.9 cm³/mol. The zero-order valence-electron chi connectivity index (χ0n) is 10.1. The zero-order valence-corrected chi connectivity index (χ0v) is 13.2. The van der Waals surface area contributed by atoms with Gasteiger partial charge in [-0.25, -0.2) is 0 Å². The van der Waals surface area contributed by atoms with Crippen LogP contribution in [0.1, 0.15) is 5.56 Å². The van der Waals surface area contributed by atoms with Crippen molar-refractivity contribution in [3.63, 3.8) is 0 Å². The highest BCUT2D eigenvalue weighted by Gasteiger charge is 2.10. The van der Waals surface area contributed by atoms with E-state index in [4.69, 9.17) is 23.8 Å². The van der Waals surface area contributed by atoms with E-state index in [0.29, 0.717) is 9.79 Å². The Bertz CT molecular complexity index is 835. The van der Waals surface area contributed by atoms with Gasteiger partial charge in [0.05, 0.1) is 16.7 Å². The van der Waals surface area contributed by atoms with Crippen molar-refractivity contribution in [2.24, 2.45) is 0 Å². The van der Waals surface area contributed by atoms with E-state index in [0.717, 1.165) is 21.2 Å². The highest BCUT2D eigenvalue weighted by molar-refractivity contribution is 9.10. The van der Waals surface area contributed by atoms with Crippen LogP contribution in [-0.2, 0) is 0 Å². The number of halogens is 2. The van der Waals surface area contributed by atoms with Gasteiger partial charge in [-0.05, 0) is 71.0 Å². The molecular weight excluding hydrogens is 344 g/mol. The number of benzene rings is 2.